The van der Waals surface area contributed by atoms with Crippen LogP contribution < -0.4 is 0 Å². The maximum Gasteiger partial charge on any atom is 0.411 e. The van der Waals surface area contributed by atoms with Gasteiger partial charge < -0.3 is 14.3 Å². The molecule has 2 aliphatic heterocycles. The van der Waals surface area contributed by atoms with Gasteiger partial charge in [-0.2, -0.15) is 0 Å². The highest BCUT2D eigenvalue weighted by atomic mass is 28.4. The van der Waals surface area contributed by atoms with E-state index in [4.69, 9.17) is 9.16 Å². The van der Waals surface area contributed by atoms with Crippen molar-refractivity contribution < 1.29 is 19.1 Å². The lowest BCUT2D eigenvalue weighted by Gasteiger charge is -2.41. The van der Waals surface area contributed by atoms with Gasteiger partial charge in [0, 0.05) is 0 Å². The first-order chi connectivity index (χ1) is 10.7. The predicted octanol–water partition coefficient (Wildman–Crippen LogP) is 3.77. The largest absolute Gasteiger partial charge is 0.444 e. The molecule has 6 heteroatoms. The van der Waals surface area contributed by atoms with E-state index in [0.717, 1.165) is 12.8 Å². The van der Waals surface area contributed by atoms with Crippen LogP contribution in [0.15, 0.2) is 0 Å². The molecule has 24 heavy (non-hydrogen) atoms. The molecule has 0 radical (unpaired) electrons. The number of fused-ring (bicyclic) bond motifs is 1. The fourth-order valence-corrected chi connectivity index (χ4v) is 4.53. The maximum atomic E-state index is 12.7. The van der Waals surface area contributed by atoms with Crippen molar-refractivity contribution in [2.75, 3.05) is 13.2 Å². The molecule has 2 heterocycles. The van der Waals surface area contributed by atoms with Gasteiger partial charge in [-0.25, -0.2) is 4.79 Å². The summed E-state index contributed by atoms with van der Waals surface area (Å²) in [4.78, 5) is 14.5. The van der Waals surface area contributed by atoms with Crippen molar-refractivity contribution in [1.82, 2.24) is 4.90 Å². The zero-order valence-electron chi connectivity index (χ0n) is 16.6. The number of carbonyl (C=O) groups is 1. The number of carbonyl (C=O) groups excluding carboxylic acids is 1. The highest BCUT2D eigenvalue weighted by molar-refractivity contribution is 6.74. The van der Waals surface area contributed by atoms with Gasteiger partial charge in [0.25, 0.3) is 0 Å². The smallest absolute Gasteiger partial charge is 0.411 e. The van der Waals surface area contributed by atoms with E-state index >= 15 is 0 Å². The van der Waals surface area contributed by atoms with E-state index < -0.39 is 19.5 Å². The molecule has 3 rings (SSSR count). The number of aliphatic hydroxyl groups excluding tert-OH is 1. The molecule has 1 aliphatic carbocycles. The average molecular weight is 358 g/mol. The maximum absolute atomic E-state index is 12.7. The van der Waals surface area contributed by atoms with E-state index in [1.807, 2.05) is 20.8 Å². The summed E-state index contributed by atoms with van der Waals surface area (Å²) in [5.41, 5.74) is -0.972. The Bertz CT molecular complexity index is 486. The van der Waals surface area contributed by atoms with Crippen molar-refractivity contribution >= 4 is 14.4 Å². The van der Waals surface area contributed by atoms with Crippen molar-refractivity contribution in [3.05, 3.63) is 0 Å². The molecule has 1 atom stereocenters. The summed E-state index contributed by atoms with van der Waals surface area (Å²) >= 11 is 0. The molecule has 1 saturated carbocycles. The molecule has 2 saturated heterocycles. The molecule has 3 aliphatic rings. The molecule has 0 spiro atoms. The van der Waals surface area contributed by atoms with Crippen LogP contribution in [0.25, 0.3) is 0 Å². The van der Waals surface area contributed by atoms with Crippen LogP contribution in [0.3, 0.4) is 0 Å². The summed E-state index contributed by atoms with van der Waals surface area (Å²) in [5.74, 6) is 0.412. The van der Waals surface area contributed by atoms with E-state index in [2.05, 4.69) is 33.9 Å². The van der Waals surface area contributed by atoms with Crippen LogP contribution in [0.4, 0.5) is 4.79 Å². The summed E-state index contributed by atoms with van der Waals surface area (Å²) in [6.45, 7) is 17.3. The lowest BCUT2D eigenvalue weighted by Crippen LogP contribution is -2.54. The molecule has 3 fully saturated rings. The summed E-state index contributed by atoms with van der Waals surface area (Å²) in [6, 6.07) is 0.0149. The van der Waals surface area contributed by atoms with Crippen molar-refractivity contribution in [1.29, 1.82) is 0 Å². The van der Waals surface area contributed by atoms with Crippen molar-refractivity contribution in [3.63, 3.8) is 0 Å². The average Bonchev–Trinajstić information content (AvgIpc) is 2.81. The van der Waals surface area contributed by atoms with Gasteiger partial charge in [0.1, 0.15) is 5.60 Å². The van der Waals surface area contributed by atoms with Gasteiger partial charge in [-0.1, -0.05) is 20.8 Å². The van der Waals surface area contributed by atoms with E-state index in [1.54, 1.807) is 4.90 Å². The van der Waals surface area contributed by atoms with E-state index in [-0.39, 0.29) is 23.8 Å². The molecule has 0 aromatic rings. The Morgan fingerprint density at radius 1 is 1.21 bits per heavy atom. The number of aliphatic hydroxyl groups is 1. The van der Waals surface area contributed by atoms with Gasteiger partial charge in [0.05, 0.1) is 24.8 Å². The molecule has 2 bridgehead atoms. The zero-order valence-corrected chi connectivity index (χ0v) is 17.6. The third kappa shape index (κ3) is 3.51. The van der Waals surface area contributed by atoms with Crippen LogP contribution in [0.5, 0.6) is 0 Å². The highest BCUT2D eigenvalue weighted by Crippen LogP contribution is 2.55. The summed E-state index contributed by atoms with van der Waals surface area (Å²) in [7, 11) is -1.87. The second kappa shape index (κ2) is 5.99. The second-order valence-electron chi connectivity index (χ2n) is 10.0. The minimum atomic E-state index is -1.87. The molecule has 1 N–H and O–H groups in total. The summed E-state index contributed by atoms with van der Waals surface area (Å²) in [6.07, 6.45) is 1.39. The topological polar surface area (TPSA) is 59.0 Å². The number of ether oxygens (including phenoxy) is 1. The van der Waals surface area contributed by atoms with Gasteiger partial charge in [-0.15, -0.1) is 0 Å². The standard InChI is InChI=1S/C18H35NO4Si/c1-16(2,3)23-15(21)19-14(13-9-18(19,10-13)12-20)11-22-24(7,8)17(4,5)6/h13-14,20H,9-12H2,1-8H3. The van der Waals surface area contributed by atoms with Crippen LogP contribution in [0.1, 0.15) is 54.4 Å². The Labute approximate surface area is 147 Å². The van der Waals surface area contributed by atoms with Crippen molar-refractivity contribution in [2.45, 2.75) is 89.7 Å². The lowest BCUT2D eigenvalue weighted by molar-refractivity contribution is -0.0170. The van der Waals surface area contributed by atoms with Crippen molar-refractivity contribution in [3.8, 4) is 0 Å². The highest BCUT2D eigenvalue weighted by Gasteiger charge is 2.64. The zero-order chi connectivity index (χ0) is 18.6. The molecule has 0 aromatic heterocycles. The van der Waals surface area contributed by atoms with Crippen LogP contribution in [-0.2, 0) is 9.16 Å². The van der Waals surface area contributed by atoms with Gasteiger partial charge >= 0.3 is 6.09 Å². The van der Waals surface area contributed by atoms with E-state index in [9.17, 15) is 9.90 Å². The first kappa shape index (κ1) is 19.7. The Morgan fingerprint density at radius 2 is 1.75 bits per heavy atom. The fraction of sp³-hybridized carbons (Fsp3) is 0.944. The number of hydrogen-bond donors (Lipinski definition) is 1. The molecule has 5 nitrogen and oxygen atoms in total. The van der Waals surface area contributed by atoms with Crippen LogP contribution >= 0.6 is 0 Å². The van der Waals surface area contributed by atoms with Gasteiger partial charge in [0.15, 0.2) is 8.32 Å². The molecular weight excluding hydrogens is 322 g/mol. The Hall–Kier alpha value is -0.593. The second-order valence-corrected chi connectivity index (χ2v) is 14.8. The summed E-state index contributed by atoms with van der Waals surface area (Å²) in [5, 5.41) is 10.0. The van der Waals surface area contributed by atoms with Crippen LogP contribution in [0, 0.1) is 5.92 Å². The lowest BCUT2D eigenvalue weighted by atomic mass is 9.72. The minimum Gasteiger partial charge on any atom is -0.444 e. The Morgan fingerprint density at radius 3 is 2.17 bits per heavy atom. The fourth-order valence-electron chi connectivity index (χ4n) is 3.51. The van der Waals surface area contributed by atoms with Crippen LogP contribution in [0.2, 0.25) is 18.1 Å². The third-order valence-corrected chi connectivity index (χ3v) is 10.5. The quantitative estimate of drug-likeness (QED) is 0.778. The Balaban J connectivity index is 2.13. The summed E-state index contributed by atoms with van der Waals surface area (Å²) < 4.78 is 12.0. The van der Waals surface area contributed by atoms with Gasteiger partial charge in [-0.05, 0) is 57.7 Å². The third-order valence-electron chi connectivity index (χ3n) is 5.98. The molecule has 1 amide bonds. The number of rotatable bonds is 4. The van der Waals surface area contributed by atoms with E-state index in [1.165, 1.54) is 0 Å². The van der Waals surface area contributed by atoms with Gasteiger partial charge in [-0.3, -0.25) is 4.90 Å². The monoisotopic (exact) mass is 357 g/mol. The first-order valence-corrected chi connectivity index (χ1v) is 11.9. The number of hydrogen-bond acceptors (Lipinski definition) is 4. The number of nitrogens with zero attached hydrogens (tertiary/aromatic N) is 1. The van der Waals surface area contributed by atoms with Crippen LogP contribution in [-0.4, -0.2) is 54.8 Å². The number of amides is 1. The normalized spacial score (nSPS) is 30.3. The Kier molecular flexibility index (Phi) is 4.92. The predicted molar refractivity (Wildman–Crippen MR) is 97.6 cm³/mol. The molecule has 140 valence electrons. The molecule has 0 aromatic carbocycles. The molecular formula is C18H35NO4Si. The van der Waals surface area contributed by atoms with Crippen molar-refractivity contribution in [2.24, 2.45) is 5.92 Å². The van der Waals surface area contributed by atoms with Gasteiger partial charge in [0.2, 0.25) is 0 Å². The minimum absolute atomic E-state index is 0.000660. The van der Waals surface area contributed by atoms with E-state index in [0.29, 0.717) is 12.5 Å². The molecule has 1 unspecified atom stereocenters. The first-order valence-electron chi connectivity index (χ1n) is 9.00. The SMILES string of the molecule is CC(C)(C)OC(=O)N1C(CO[Si](C)(C)C(C)(C)C)C2CC1(CO)C2.